The van der Waals surface area contributed by atoms with Gasteiger partial charge in [0.25, 0.3) is 0 Å². The quantitative estimate of drug-likeness (QED) is 0.686. The van der Waals surface area contributed by atoms with Crippen LogP contribution >= 0.6 is 0 Å². The van der Waals surface area contributed by atoms with Crippen LogP contribution in [0.1, 0.15) is 91.4 Å². The van der Waals surface area contributed by atoms with Crippen LogP contribution in [-0.4, -0.2) is 24.4 Å². The molecule has 0 spiro atoms. The van der Waals surface area contributed by atoms with Crippen molar-refractivity contribution in [2.75, 3.05) is 6.54 Å². The fourth-order valence-corrected chi connectivity index (χ4v) is 8.74. The van der Waals surface area contributed by atoms with Crippen molar-refractivity contribution in [2.24, 2.45) is 46.3 Å². The van der Waals surface area contributed by atoms with E-state index >= 15 is 0 Å². The van der Waals surface area contributed by atoms with Crippen LogP contribution in [0.3, 0.4) is 0 Å². The van der Waals surface area contributed by atoms with E-state index in [1.165, 1.54) is 38.5 Å². The molecular weight excluding hydrogens is 372 g/mol. The summed E-state index contributed by atoms with van der Waals surface area (Å²) in [4.78, 5) is 26.0. The lowest BCUT2D eigenvalue weighted by Crippen LogP contribution is -2.52. The first-order valence-corrected chi connectivity index (χ1v) is 12.8. The van der Waals surface area contributed by atoms with Crippen molar-refractivity contribution in [1.82, 2.24) is 10.6 Å². The van der Waals surface area contributed by atoms with E-state index in [0.717, 1.165) is 50.5 Å². The van der Waals surface area contributed by atoms with Gasteiger partial charge in [-0.05, 0) is 92.3 Å². The van der Waals surface area contributed by atoms with E-state index in [4.69, 9.17) is 0 Å². The second-order valence-electron chi connectivity index (χ2n) is 13.0. The highest BCUT2D eigenvalue weighted by atomic mass is 16.2. The number of amides is 2. The van der Waals surface area contributed by atoms with Crippen molar-refractivity contribution in [3.63, 3.8) is 0 Å². The van der Waals surface area contributed by atoms with Crippen molar-refractivity contribution in [3.8, 4) is 0 Å². The van der Waals surface area contributed by atoms with Crippen molar-refractivity contribution >= 4 is 11.8 Å². The van der Waals surface area contributed by atoms with Crippen molar-refractivity contribution in [1.29, 1.82) is 0 Å². The predicted molar refractivity (Wildman–Crippen MR) is 119 cm³/mol. The number of fused-ring (bicyclic) bond motifs is 4. The molecule has 5 fully saturated rings. The smallest absolute Gasteiger partial charge is 0.223 e. The molecule has 30 heavy (non-hydrogen) atoms. The van der Waals surface area contributed by atoms with Gasteiger partial charge in [-0.15, -0.1) is 0 Å². The SMILES string of the molecule is CC1(C)C[C@H](NC(=O)[C@@H]2C[C@H]3CC[C@H]2C3)C[C@](C)(CNC(=O)[C@H]2C[C@H]3CC[C@H]2C3)C1. The largest absolute Gasteiger partial charge is 0.355 e. The number of carbonyl (C=O) groups excluding carboxylic acids is 2. The van der Waals surface area contributed by atoms with Crippen molar-refractivity contribution in [2.45, 2.75) is 97.4 Å². The third kappa shape index (κ3) is 4.05. The van der Waals surface area contributed by atoms with E-state index in [1.54, 1.807) is 0 Å². The van der Waals surface area contributed by atoms with Gasteiger partial charge in [0.05, 0.1) is 0 Å². The fourth-order valence-electron chi connectivity index (χ4n) is 8.74. The first kappa shape index (κ1) is 20.8. The standard InChI is InChI=1S/C26H42N2O2/c1-25(2)12-20(28-24(30)22-11-17-5-7-19(22)9-17)13-26(3,14-25)15-27-23(29)21-10-16-4-6-18(21)8-16/h16-22H,4-15H2,1-3H3,(H,27,29)(H,28,30)/t16-,17-,18-,19-,20-,21-,22+,26-/m0/s1. The van der Waals surface area contributed by atoms with Crippen molar-refractivity contribution in [3.05, 3.63) is 0 Å². The Morgan fingerprint density at radius 3 is 1.93 bits per heavy atom. The lowest BCUT2D eigenvalue weighted by Gasteiger charge is -2.47. The molecule has 0 aromatic carbocycles. The maximum atomic E-state index is 13.1. The summed E-state index contributed by atoms with van der Waals surface area (Å²) in [5, 5.41) is 6.83. The van der Waals surface area contributed by atoms with Crippen LogP contribution in [0.2, 0.25) is 0 Å². The van der Waals surface area contributed by atoms with Gasteiger partial charge in [-0.2, -0.15) is 0 Å². The number of carbonyl (C=O) groups is 2. The average Bonchev–Trinajstić information content (AvgIpc) is 3.45. The molecule has 4 heteroatoms. The topological polar surface area (TPSA) is 58.2 Å². The molecule has 0 unspecified atom stereocenters. The lowest BCUT2D eigenvalue weighted by atomic mass is 9.62. The highest BCUT2D eigenvalue weighted by molar-refractivity contribution is 5.80. The minimum absolute atomic E-state index is 0.0572. The molecule has 0 aliphatic heterocycles. The molecule has 0 saturated heterocycles. The Hall–Kier alpha value is -1.06. The zero-order valence-corrected chi connectivity index (χ0v) is 19.3. The van der Waals surface area contributed by atoms with E-state index in [-0.39, 0.29) is 28.7 Å². The Bertz CT molecular complexity index is 703. The highest BCUT2D eigenvalue weighted by Gasteiger charge is 2.47. The fraction of sp³-hybridized carbons (Fsp3) is 0.923. The van der Waals surface area contributed by atoms with Gasteiger partial charge in [0.15, 0.2) is 0 Å². The maximum absolute atomic E-state index is 13.1. The molecule has 4 nitrogen and oxygen atoms in total. The van der Waals surface area contributed by atoms with E-state index in [1.807, 2.05) is 0 Å². The van der Waals surface area contributed by atoms with Crippen LogP contribution in [0.4, 0.5) is 0 Å². The van der Waals surface area contributed by atoms with E-state index in [9.17, 15) is 9.59 Å². The third-order valence-corrected chi connectivity index (χ3v) is 9.63. The minimum Gasteiger partial charge on any atom is -0.355 e. The number of nitrogens with one attached hydrogen (secondary N) is 2. The summed E-state index contributed by atoms with van der Waals surface area (Å²) >= 11 is 0. The van der Waals surface area contributed by atoms with Gasteiger partial charge in [-0.25, -0.2) is 0 Å². The van der Waals surface area contributed by atoms with Crippen LogP contribution in [0.15, 0.2) is 0 Å². The second-order valence-corrected chi connectivity index (χ2v) is 13.0. The Morgan fingerprint density at radius 2 is 1.40 bits per heavy atom. The molecule has 4 bridgehead atoms. The van der Waals surface area contributed by atoms with Crippen LogP contribution in [0.5, 0.6) is 0 Å². The number of rotatable bonds is 5. The first-order chi connectivity index (χ1) is 14.2. The summed E-state index contributed by atoms with van der Waals surface area (Å²) in [5.41, 5.74) is 0.248. The van der Waals surface area contributed by atoms with E-state index in [0.29, 0.717) is 23.7 Å². The molecule has 2 amide bonds. The molecule has 5 aliphatic rings. The Morgan fingerprint density at radius 1 is 0.800 bits per heavy atom. The van der Waals surface area contributed by atoms with E-state index < -0.39 is 0 Å². The van der Waals surface area contributed by atoms with E-state index in [2.05, 4.69) is 31.4 Å². The van der Waals surface area contributed by atoms with Gasteiger partial charge >= 0.3 is 0 Å². The Labute approximate surface area is 182 Å². The summed E-state index contributed by atoms with van der Waals surface area (Å²) in [6.07, 6.45) is 13.1. The van der Waals surface area contributed by atoms with Crippen LogP contribution in [0, 0.1) is 46.3 Å². The molecule has 2 N–H and O–H groups in total. The maximum Gasteiger partial charge on any atom is 0.223 e. The molecule has 168 valence electrons. The number of hydrogen-bond acceptors (Lipinski definition) is 2. The predicted octanol–water partition coefficient (Wildman–Crippen LogP) is 4.68. The number of hydrogen-bond donors (Lipinski definition) is 2. The average molecular weight is 415 g/mol. The molecule has 0 radical (unpaired) electrons. The molecule has 0 aromatic heterocycles. The second kappa shape index (κ2) is 7.52. The molecule has 0 heterocycles. The Balaban J connectivity index is 1.18. The highest BCUT2D eigenvalue weighted by Crippen LogP contribution is 2.50. The monoisotopic (exact) mass is 414 g/mol. The van der Waals surface area contributed by atoms with Crippen molar-refractivity contribution < 1.29 is 9.59 Å². The molecule has 0 aromatic rings. The van der Waals surface area contributed by atoms with Gasteiger partial charge in [-0.3, -0.25) is 9.59 Å². The minimum atomic E-state index is 0.0572. The molecule has 8 atom stereocenters. The van der Waals surface area contributed by atoms with Gasteiger partial charge in [0, 0.05) is 24.4 Å². The lowest BCUT2D eigenvalue weighted by molar-refractivity contribution is -0.129. The zero-order chi connectivity index (χ0) is 21.1. The molecule has 5 rings (SSSR count). The third-order valence-electron chi connectivity index (χ3n) is 9.63. The normalized spacial score (nSPS) is 46.2. The van der Waals surface area contributed by atoms with Crippen LogP contribution in [-0.2, 0) is 9.59 Å². The summed E-state index contributed by atoms with van der Waals surface area (Å²) in [5.74, 6) is 4.03. The van der Waals surface area contributed by atoms with Gasteiger partial charge < -0.3 is 10.6 Å². The summed E-state index contributed by atoms with van der Waals surface area (Å²) in [6.45, 7) is 7.74. The molecule has 5 aliphatic carbocycles. The van der Waals surface area contributed by atoms with Crippen LogP contribution < -0.4 is 10.6 Å². The summed E-state index contributed by atoms with van der Waals surface area (Å²) in [7, 11) is 0. The van der Waals surface area contributed by atoms with Gasteiger partial charge in [0.1, 0.15) is 0 Å². The van der Waals surface area contributed by atoms with Gasteiger partial charge in [0.2, 0.25) is 11.8 Å². The molecular formula is C26H42N2O2. The van der Waals surface area contributed by atoms with Gasteiger partial charge in [-0.1, -0.05) is 33.6 Å². The Kier molecular flexibility index (Phi) is 5.22. The first-order valence-electron chi connectivity index (χ1n) is 12.8. The zero-order valence-electron chi connectivity index (χ0n) is 19.3. The summed E-state index contributed by atoms with van der Waals surface area (Å²) < 4.78 is 0. The van der Waals surface area contributed by atoms with Crippen LogP contribution in [0.25, 0.3) is 0 Å². The molecule has 5 saturated carbocycles. The summed E-state index contributed by atoms with van der Waals surface area (Å²) in [6, 6.07) is 0.241.